The molecule has 0 saturated carbocycles. The number of thiazole rings is 1. The zero-order valence-electron chi connectivity index (χ0n) is 25.2. The fourth-order valence-corrected chi connectivity index (χ4v) is 9.02. The number of fused-ring (bicyclic) bond motifs is 3. The first kappa shape index (κ1) is 30.0. The highest BCUT2D eigenvalue weighted by molar-refractivity contribution is 7.22. The first-order chi connectivity index (χ1) is 22.1. The van der Waals surface area contributed by atoms with Crippen LogP contribution in [0.4, 0.5) is 32.9 Å². The van der Waals surface area contributed by atoms with Crippen LogP contribution in [0.15, 0.2) is 18.2 Å². The van der Waals surface area contributed by atoms with E-state index in [1.165, 1.54) is 0 Å². The molecule has 0 radical (unpaired) electrons. The molecule has 14 heteroatoms. The van der Waals surface area contributed by atoms with Crippen molar-refractivity contribution in [3.8, 4) is 17.1 Å². The highest BCUT2D eigenvalue weighted by Gasteiger charge is 2.45. The number of halogens is 5. The minimum Gasteiger partial charge on any atom is -0.461 e. The number of nitrogens with two attached hydrogens (primary N) is 1. The van der Waals surface area contributed by atoms with E-state index in [1.807, 2.05) is 4.90 Å². The summed E-state index contributed by atoms with van der Waals surface area (Å²) in [6.07, 6.45) is 1.83. The number of nitrogens with zero attached hydrogens (tertiary/aromatic N) is 5. The van der Waals surface area contributed by atoms with Gasteiger partial charge in [-0.3, -0.25) is 4.90 Å². The summed E-state index contributed by atoms with van der Waals surface area (Å²) in [5.41, 5.74) is 3.24. The van der Waals surface area contributed by atoms with Crippen LogP contribution < -0.4 is 20.7 Å². The zero-order valence-corrected chi connectivity index (χ0v) is 26.0. The predicted octanol–water partition coefficient (Wildman–Crippen LogP) is 6.37. The van der Waals surface area contributed by atoms with E-state index in [1.54, 1.807) is 0 Å². The molecule has 8 nitrogen and oxygen atoms in total. The second kappa shape index (κ2) is 10.8. The van der Waals surface area contributed by atoms with Gasteiger partial charge in [0.25, 0.3) is 0 Å². The molecule has 244 valence electrons. The van der Waals surface area contributed by atoms with Crippen LogP contribution in [-0.4, -0.2) is 71.3 Å². The third-order valence-corrected chi connectivity index (χ3v) is 11.6. The van der Waals surface area contributed by atoms with Crippen LogP contribution in [0.25, 0.3) is 32.2 Å². The van der Waals surface area contributed by atoms with Gasteiger partial charge in [-0.15, -0.1) is 0 Å². The third kappa shape index (κ3) is 4.86. The number of hydrogen-bond acceptors (Lipinski definition) is 9. The van der Waals surface area contributed by atoms with E-state index in [4.69, 9.17) is 15.5 Å². The lowest BCUT2D eigenvalue weighted by atomic mass is 9.78. The van der Waals surface area contributed by atoms with Crippen LogP contribution in [0.1, 0.15) is 50.5 Å². The maximum Gasteiger partial charge on any atom is 0.417 e. The molecule has 4 fully saturated rings. The Morgan fingerprint density at radius 3 is 2.41 bits per heavy atom. The lowest BCUT2D eigenvalue weighted by molar-refractivity contribution is -0.137. The predicted molar refractivity (Wildman–Crippen MR) is 167 cm³/mol. The van der Waals surface area contributed by atoms with Gasteiger partial charge in [0.05, 0.1) is 21.3 Å². The van der Waals surface area contributed by atoms with Gasteiger partial charge >= 0.3 is 12.2 Å². The van der Waals surface area contributed by atoms with E-state index in [-0.39, 0.29) is 54.6 Å². The Labute approximate surface area is 266 Å². The molecular weight excluding hydrogens is 625 g/mol. The summed E-state index contributed by atoms with van der Waals surface area (Å²) < 4.78 is 82.2. The topological polar surface area (TPSA) is 92.4 Å². The lowest BCUT2D eigenvalue weighted by Crippen LogP contribution is -2.43. The molecule has 2 aromatic carbocycles. The van der Waals surface area contributed by atoms with Crippen molar-refractivity contribution in [1.82, 2.24) is 25.2 Å². The van der Waals surface area contributed by atoms with Crippen molar-refractivity contribution in [2.24, 2.45) is 5.41 Å². The first-order valence-corrected chi connectivity index (χ1v) is 16.7. The van der Waals surface area contributed by atoms with E-state index in [9.17, 15) is 17.6 Å². The molecule has 0 unspecified atom stereocenters. The van der Waals surface area contributed by atoms with Crippen LogP contribution >= 0.6 is 11.3 Å². The molecule has 0 aliphatic carbocycles. The molecule has 3 N–H and O–H groups in total. The van der Waals surface area contributed by atoms with Gasteiger partial charge in [0.15, 0.2) is 10.9 Å². The van der Waals surface area contributed by atoms with Crippen LogP contribution in [-0.2, 0) is 6.18 Å². The molecule has 0 amide bonds. The Kier molecular flexibility index (Phi) is 7.07. The summed E-state index contributed by atoms with van der Waals surface area (Å²) in [5, 5.41) is 3.35. The van der Waals surface area contributed by atoms with Gasteiger partial charge in [0.2, 0.25) is 0 Å². The number of anilines is 2. The van der Waals surface area contributed by atoms with E-state index >= 15 is 4.39 Å². The number of aromatic nitrogens is 3. The molecule has 46 heavy (non-hydrogen) atoms. The first-order valence-electron chi connectivity index (χ1n) is 15.9. The Balaban J connectivity index is 1.29. The summed E-state index contributed by atoms with van der Waals surface area (Å²) in [6.45, 7) is 5.27. The minimum atomic E-state index is -4.95. The smallest absolute Gasteiger partial charge is 0.417 e. The SMILES string of the molecule is Nc1nc2c(-c3c(C(F)(F)F)cc4c(N5CCC6(CCNC6)CC5)nc(OCC56CCCN5CCC6)nc4c3F)ccc(F)c2s1. The summed E-state index contributed by atoms with van der Waals surface area (Å²) in [7, 11) is 0. The molecule has 0 atom stereocenters. The van der Waals surface area contributed by atoms with Crippen molar-refractivity contribution in [3.63, 3.8) is 0 Å². The van der Waals surface area contributed by atoms with Crippen molar-refractivity contribution in [2.45, 2.75) is 56.7 Å². The van der Waals surface area contributed by atoms with Gasteiger partial charge in [-0.25, -0.2) is 13.8 Å². The van der Waals surface area contributed by atoms with Crippen molar-refractivity contribution < 1.29 is 26.7 Å². The van der Waals surface area contributed by atoms with Crippen molar-refractivity contribution in [3.05, 3.63) is 35.4 Å². The second-order valence-electron chi connectivity index (χ2n) is 13.3. The Bertz CT molecular complexity index is 1820. The number of ether oxygens (including phenoxy) is 1. The molecule has 4 aromatic rings. The minimum absolute atomic E-state index is 0.0380. The monoisotopic (exact) mass is 659 g/mol. The highest BCUT2D eigenvalue weighted by Crippen LogP contribution is 2.47. The van der Waals surface area contributed by atoms with E-state index in [0.29, 0.717) is 19.7 Å². The summed E-state index contributed by atoms with van der Waals surface area (Å²) in [5.74, 6) is -1.66. The van der Waals surface area contributed by atoms with Gasteiger partial charge in [0, 0.05) is 36.1 Å². The van der Waals surface area contributed by atoms with Gasteiger partial charge in [-0.2, -0.15) is 23.1 Å². The fraction of sp³-hybridized carbons (Fsp3) is 0.531. The van der Waals surface area contributed by atoms with Gasteiger partial charge < -0.3 is 20.7 Å². The Morgan fingerprint density at radius 2 is 1.72 bits per heavy atom. The van der Waals surface area contributed by atoms with Crippen molar-refractivity contribution in [1.29, 1.82) is 0 Å². The molecule has 0 bridgehead atoms. The third-order valence-electron chi connectivity index (χ3n) is 10.7. The van der Waals surface area contributed by atoms with Crippen LogP contribution in [0.2, 0.25) is 0 Å². The number of alkyl halides is 3. The molecule has 4 aliphatic heterocycles. The number of nitrogens with one attached hydrogen (secondary N) is 1. The normalized spacial score (nSPS) is 21.2. The largest absolute Gasteiger partial charge is 0.461 e. The van der Waals surface area contributed by atoms with E-state index < -0.39 is 28.9 Å². The summed E-state index contributed by atoms with van der Waals surface area (Å²) >= 11 is 0.795. The van der Waals surface area contributed by atoms with Crippen molar-refractivity contribution in [2.75, 3.05) is 56.5 Å². The van der Waals surface area contributed by atoms with Crippen molar-refractivity contribution >= 4 is 43.4 Å². The fourth-order valence-electron chi connectivity index (χ4n) is 8.25. The van der Waals surface area contributed by atoms with E-state index in [2.05, 4.69) is 20.2 Å². The maximum atomic E-state index is 16.9. The van der Waals surface area contributed by atoms with Gasteiger partial charge in [0.1, 0.15) is 23.8 Å². The second-order valence-corrected chi connectivity index (χ2v) is 14.3. The molecule has 4 saturated heterocycles. The molecule has 1 spiro atoms. The average Bonchev–Trinajstić information content (AvgIpc) is 3.81. The standard InChI is InChI=1S/C32H34F5N7OS/c33-21-4-3-18(25-26(21)46-28(38)40-25)22-20(32(35,36)37)15-19-24(23(22)34)41-29(45-17-31-5-1-11-44(31)12-2-6-31)42-27(19)43-13-8-30(9-14-43)7-10-39-16-30/h3-4,15,39H,1-2,5-14,16-17H2,(H2,38,40). The number of nitrogen functional groups attached to an aromatic ring is 1. The Hall–Kier alpha value is -3.36. The lowest BCUT2D eigenvalue weighted by Gasteiger charge is -2.39. The molecule has 2 aromatic heterocycles. The molecule has 8 rings (SSSR count). The maximum absolute atomic E-state index is 16.9. The zero-order chi connectivity index (χ0) is 31.8. The summed E-state index contributed by atoms with van der Waals surface area (Å²) in [4.78, 5) is 17.6. The molecule has 6 heterocycles. The van der Waals surface area contributed by atoms with Crippen LogP contribution in [0, 0.1) is 17.0 Å². The van der Waals surface area contributed by atoms with Gasteiger partial charge in [-0.05, 0) is 88.2 Å². The number of benzene rings is 2. The number of piperidine rings is 1. The highest BCUT2D eigenvalue weighted by atomic mass is 32.1. The Morgan fingerprint density at radius 1 is 0.957 bits per heavy atom. The molecular formula is C32H34F5N7OS. The van der Waals surface area contributed by atoms with Gasteiger partial charge in [-0.1, -0.05) is 11.3 Å². The molecule has 4 aliphatic rings. The summed E-state index contributed by atoms with van der Waals surface area (Å²) in [6, 6.07) is 2.98. The van der Waals surface area contributed by atoms with E-state index in [0.717, 1.165) is 101 Å². The number of hydrogen-bond donors (Lipinski definition) is 2. The average molecular weight is 660 g/mol. The van der Waals surface area contributed by atoms with Crippen LogP contribution in [0.5, 0.6) is 6.01 Å². The quantitative estimate of drug-likeness (QED) is 0.239. The van der Waals surface area contributed by atoms with Crippen LogP contribution in [0.3, 0.4) is 0 Å². The number of rotatable bonds is 5.